The van der Waals surface area contributed by atoms with Crippen molar-refractivity contribution < 1.29 is 13.2 Å². The fourth-order valence-corrected chi connectivity index (χ4v) is 4.62. The van der Waals surface area contributed by atoms with E-state index in [2.05, 4.69) is 4.72 Å². The van der Waals surface area contributed by atoms with E-state index < -0.39 is 10.0 Å². The number of nitrogens with one attached hydrogen (secondary N) is 1. The molecule has 1 heterocycles. The van der Waals surface area contributed by atoms with Crippen LogP contribution < -0.4 is 9.62 Å². The Labute approximate surface area is 164 Å². The first-order valence-corrected chi connectivity index (χ1v) is 10.5. The van der Waals surface area contributed by atoms with Crippen LogP contribution in [0.3, 0.4) is 0 Å². The second-order valence-electron chi connectivity index (χ2n) is 6.73. The highest BCUT2D eigenvalue weighted by molar-refractivity contribution is 7.92. The summed E-state index contributed by atoms with van der Waals surface area (Å²) in [5, 5.41) is 0. The van der Waals surface area contributed by atoms with Crippen molar-refractivity contribution >= 4 is 27.3 Å². The average Bonchev–Trinajstić information content (AvgIpc) is 3.14. The molecule has 0 aromatic heterocycles. The first kappa shape index (κ1) is 18.3. The highest BCUT2D eigenvalue weighted by atomic mass is 32.2. The number of fused-ring (bicyclic) bond motifs is 1. The van der Waals surface area contributed by atoms with Crippen molar-refractivity contribution in [3.8, 4) is 0 Å². The smallest absolute Gasteiger partial charge is 0.261 e. The van der Waals surface area contributed by atoms with E-state index in [1.54, 1.807) is 48.2 Å². The van der Waals surface area contributed by atoms with Crippen molar-refractivity contribution in [1.29, 1.82) is 0 Å². The Morgan fingerprint density at radius 2 is 1.64 bits per heavy atom. The van der Waals surface area contributed by atoms with E-state index in [0.717, 1.165) is 17.7 Å². The normalized spacial score (nSPS) is 13.2. The van der Waals surface area contributed by atoms with Gasteiger partial charge in [0.1, 0.15) is 0 Å². The van der Waals surface area contributed by atoms with Crippen LogP contribution in [0, 0.1) is 6.92 Å². The van der Waals surface area contributed by atoms with Crippen molar-refractivity contribution in [3.63, 3.8) is 0 Å². The Hall–Kier alpha value is -3.12. The summed E-state index contributed by atoms with van der Waals surface area (Å²) in [5.41, 5.74) is 3.57. The molecule has 28 heavy (non-hydrogen) atoms. The minimum atomic E-state index is -3.72. The number of carbonyl (C=O) groups excluding carboxylic acids is 1. The number of benzene rings is 3. The van der Waals surface area contributed by atoms with Crippen LogP contribution in [0.2, 0.25) is 0 Å². The van der Waals surface area contributed by atoms with E-state index >= 15 is 0 Å². The molecule has 0 aliphatic carbocycles. The lowest BCUT2D eigenvalue weighted by molar-refractivity contribution is 0.0989. The predicted octanol–water partition coefficient (Wildman–Crippen LogP) is 4.00. The Balaban J connectivity index is 1.66. The van der Waals surface area contributed by atoms with Crippen molar-refractivity contribution in [2.75, 3.05) is 16.2 Å². The average molecular weight is 392 g/mol. The van der Waals surface area contributed by atoms with Gasteiger partial charge in [-0.2, -0.15) is 0 Å². The van der Waals surface area contributed by atoms with Gasteiger partial charge in [-0.05, 0) is 54.8 Å². The molecule has 3 aromatic rings. The number of nitrogens with zero attached hydrogens (tertiary/aromatic N) is 1. The van der Waals surface area contributed by atoms with Crippen LogP contribution in [0.1, 0.15) is 21.5 Å². The molecule has 0 bridgehead atoms. The van der Waals surface area contributed by atoms with Gasteiger partial charge >= 0.3 is 0 Å². The molecular weight excluding hydrogens is 372 g/mol. The van der Waals surface area contributed by atoms with E-state index in [1.165, 1.54) is 12.1 Å². The van der Waals surface area contributed by atoms with Crippen molar-refractivity contribution in [2.45, 2.75) is 18.2 Å². The third kappa shape index (κ3) is 3.27. The number of hydrogen-bond donors (Lipinski definition) is 1. The summed E-state index contributed by atoms with van der Waals surface area (Å²) in [5.74, 6) is -0.122. The highest BCUT2D eigenvalue weighted by Gasteiger charge is 2.27. The van der Waals surface area contributed by atoms with Crippen LogP contribution in [0.25, 0.3) is 0 Å². The number of sulfonamides is 1. The van der Waals surface area contributed by atoms with E-state index in [4.69, 9.17) is 0 Å². The molecule has 5 nitrogen and oxygen atoms in total. The second kappa shape index (κ2) is 7.13. The molecule has 0 saturated carbocycles. The number of anilines is 2. The van der Waals surface area contributed by atoms with Gasteiger partial charge in [0.15, 0.2) is 0 Å². The Bertz CT molecular complexity index is 1140. The molecule has 0 unspecified atom stereocenters. The monoisotopic (exact) mass is 392 g/mol. The summed E-state index contributed by atoms with van der Waals surface area (Å²) >= 11 is 0. The zero-order valence-electron chi connectivity index (χ0n) is 15.4. The number of hydrogen-bond acceptors (Lipinski definition) is 3. The third-order valence-electron chi connectivity index (χ3n) is 4.99. The molecule has 142 valence electrons. The Morgan fingerprint density at radius 1 is 0.929 bits per heavy atom. The van der Waals surface area contributed by atoms with Crippen LogP contribution in [-0.4, -0.2) is 20.9 Å². The van der Waals surface area contributed by atoms with Crippen LogP contribution in [0.5, 0.6) is 0 Å². The fourth-order valence-electron chi connectivity index (χ4n) is 3.48. The second-order valence-corrected chi connectivity index (χ2v) is 8.41. The first-order valence-electron chi connectivity index (χ1n) is 9.04. The maximum atomic E-state index is 13.2. The summed E-state index contributed by atoms with van der Waals surface area (Å²) in [6.45, 7) is 2.38. The summed E-state index contributed by atoms with van der Waals surface area (Å²) < 4.78 is 27.9. The lowest BCUT2D eigenvalue weighted by Gasteiger charge is -2.20. The molecule has 6 heteroatoms. The van der Waals surface area contributed by atoms with Crippen LogP contribution in [-0.2, 0) is 16.4 Å². The van der Waals surface area contributed by atoms with Gasteiger partial charge in [-0.15, -0.1) is 0 Å². The number of carbonyl (C=O) groups is 1. The summed E-state index contributed by atoms with van der Waals surface area (Å²) in [4.78, 5) is 15.1. The fraction of sp³-hybridized carbons (Fsp3) is 0.136. The molecular formula is C22H20N2O3S. The summed E-state index contributed by atoms with van der Waals surface area (Å²) in [6.07, 6.45) is 0.821. The van der Waals surface area contributed by atoms with Gasteiger partial charge < -0.3 is 4.90 Å². The van der Waals surface area contributed by atoms with Crippen LogP contribution in [0.4, 0.5) is 11.4 Å². The van der Waals surface area contributed by atoms with E-state index in [1.807, 2.05) is 24.3 Å². The molecule has 0 spiro atoms. The zero-order valence-corrected chi connectivity index (χ0v) is 16.2. The van der Waals surface area contributed by atoms with E-state index in [9.17, 15) is 13.2 Å². The van der Waals surface area contributed by atoms with Gasteiger partial charge in [0.05, 0.1) is 10.6 Å². The number of amides is 1. The van der Waals surface area contributed by atoms with Crippen molar-refractivity contribution in [3.05, 3.63) is 89.5 Å². The van der Waals surface area contributed by atoms with Crippen molar-refractivity contribution in [1.82, 2.24) is 0 Å². The molecule has 4 rings (SSSR count). The molecule has 0 fully saturated rings. The lowest BCUT2D eigenvalue weighted by Crippen LogP contribution is -2.29. The maximum Gasteiger partial charge on any atom is 0.261 e. The van der Waals surface area contributed by atoms with E-state index in [-0.39, 0.29) is 10.8 Å². The molecule has 0 atom stereocenters. The topological polar surface area (TPSA) is 66.5 Å². The minimum absolute atomic E-state index is 0.122. The van der Waals surface area contributed by atoms with Gasteiger partial charge in [-0.3, -0.25) is 9.52 Å². The first-order chi connectivity index (χ1) is 13.5. The van der Waals surface area contributed by atoms with Crippen molar-refractivity contribution in [2.24, 2.45) is 0 Å². The van der Waals surface area contributed by atoms with Crippen LogP contribution in [0.15, 0.2) is 77.7 Å². The standard InChI is InChI=1S/C22H20N2O3S/c1-16-19(22(25)24-15-14-17-8-5-6-13-21(17)24)11-7-12-20(16)23-28(26,27)18-9-3-2-4-10-18/h2-13,23H,14-15H2,1H3. The largest absolute Gasteiger partial charge is 0.308 e. The Morgan fingerprint density at radius 3 is 2.43 bits per heavy atom. The van der Waals surface area contributed by atoms with Crippen LogP contribution >= 0.6 is 0 Å². The predicted molar refractivity (Wildman–Crippen MR) is 110 cm³/mol. The summed E-state index contributed by atoms with van der Waals surface area (Å²) in [6, 6.07) is 21.1. The minimum Gasteiger partial charge on any atom is -0.308 e. The van der Waals surface area contributed by atoms with Gasteiger partial charge in [-0.25, -0.2) is 8.42 Å². The molecule has 1 aliphatic heterocycles. The molecule has 3 aromatic carbocycles. The molecule has 1 amide bonds. The molecule has 1 N–H and O–H groups in total. The third-order valence-corrected chi connectivity index (χ3v) is 6.38. The van der Waals surface area contributed by atoms with Gasteiger partial charge in [0, 0.05) is 17.8 Å². The highest BCUT2D eigenvalue weighted by Crippen LogP contribution is 2.31. The summed E-state index contributed by atoms with van der Waals surface area (Å²) in [7, 11) is -3.72. The maximum absolute atomic E-state index is 13.2. The SMILES string of the molecule is Cc1c(NS(=O)(=O)c2ccccc2)cccc1C(=O)N1CCc2ccccc21. The Kier molecular flexibility index (Phi) is 4.65. The number of para-hydroxylation sites is 1. The lowest BCUT2D eigenvalue weighted by atomic mass is 10.1. The van der Waals surface area contributed by atoms with Gasteiger partial charge in [0.25, 0.3) is 15.9 Å². The zero-order chi connectivity index (χ0) is 19.7. The van der Waals surface area contributed by atoms with Gasteiger partial charge in [0.2, 0.25) is 0 Å². The molecule has 0 saturated heterocycles. The quantitative estimate of drug-likeness (QED) is 0.730. The number of rotatable bonds is 4. The van der Waals surface area contributed by atoms with E-state index in [0.29, 0.717) is 23.4 Å². The molecule has 0 radical (unpaired) electrons. The molecule has 1 aliphatic rings. The van der Waals surface area contributed by atoms with Gasteiger partial charge in [-0.1, -0.05) is 42.5 Å².